The molecule has 0 aliphatic heterocycles. The number of rotatable bonds is 3. The van der Waals surface area contributed by atoms with Gasteiger partial charge in [0.2, 0.25) is 0 Å². The molecule has 0 atom stereocenters. The fraction of sp³-hybridized carbons (Fsp3) is 0.143. The Morgan fingerprint density at radius 1 is 1.29 bits per heavy atom. The first-order valence-corrected chi connectivity index (χ1v) is 8.06. The van der Waals surface area contributed by atoms with Crippen molar-refractivity contribution < 1.29 is 4.39 Å². The molecule has 21 heavy (non-hydrogen) atoms. The molecular weight excluding hydrogens is 421 g/mol. The van der Waals surface area contributed by atoms with Gasteiger partial charge in [-0.2, -0.15) is 0 Å². The average Bonchev–Trinajstić information content (AvgIpc) is 2.47. The van der Waals surface area contributed by atoms with E-state index in [0.717, 1.165) is 20.1 Å². The molecule has 0 aliphatic rings. The van der Waals surface area contributed by atoms with Crippen molar-refractivity contribution in [2.24, 2.45) is 0 Å². The molecule has 1 aromatic heterocycles. The zero-order valence-electron chi connectivity index (χ0n) is 11.1. The minimum atomic E-state index is -0.252. The second kappa shape index (κ2) is 7.29. The van der Waals surface area contributed by atoms with Crippen molar-refractivity contribution >= 4 is 55.0 Å². The average molecular weight is 433 g/mol. The summed E-state index contributed by atoms with van der Waals surface area (Å²) in [6.45, 7) is 2.48. The molecule has 1 heterocycles. The lowest BCUT2D eigenvalue weighted by Crippen LogP contribution is -2.28. The Morgan fingerprint density at radius 2 is 1.95 bits per heavy atom. The lowest BCUT2D eigenvalue weighted by Gasteiger charge is -2.12. The van der Waals surface area contributed by atoms with Gasteiger partial charge in [0, 0.05) is 17.2 Å². The van der Waals surface area contributed by atoms with Crippen LogP contribution < -0.4 is 10.6 Å². The number of thiocarbonyl (C=S) groups is 1. The van der Waals surface area contributed by atoms with Crippen LogP contribution in [0.3, 0.4) is 0 Å². The molecule has 0 fully saturated rings. The highest BCUT2D eigenvalue weighted by Gasteiger charge is 2.09. The molecule has 2 N–H and O–H groups in total. The third-order valence-electron chi connectivity index (χ3n) is 2.80. The predicted molar refractivity (Wildman–Crippen MR) is 93.8 cm³/mol. The van der Waals surface area contributed by atoms with Crippen LogP contribution in [0.2, 0.25) is 0 Å². The normalized spacial score (nSPS) is 10.3. The van der Waals surface area contributed by atoms with Gasteiger partial charge in [0.15, 0.2) is 5.11 Å². The molecule has 110 valence electrons. The molecular formula is C14H12Br2FN3S. The number of nitrogens with zero attached hydrogens (tertiary/aromatic N) is 1. The van der Waals surface area contributed by atoms with Gasteiger partial charge in [0.25, 0.3) is 0 Å². The van der Waals surface area contributed by atoms with E-state index in [1.165, 1.54) is 12.1 Å². The summed E-state index contributed by atoms with van der Waals surface area (Å²) in [5.41, 5.74) is 1.98. The van der Waals surface area contributed by atoms with Crippen LogP contribution >= 0.6 is 44.1 Å². The van der Waals surface area contributed by atoms with Crippen molar-refractivity contribution in [3.8, 4) is 0 Å². The number of aromatic nitrogens is 1. The topological polar surface area (TPSA) is 37.0 Å². The summed E-state index contributed by atoms with van der Waals surface area (Å²) in [7, 11) is 0. The van der Waals surface area contributed by atoms with E-state index in [-0.39, 0.29) is 5.82 Å². The summed E-state index contributed by atoms with van der Waals surface area (Å²) in [4.78, 5) is 4.26. The number of halogens is 3. The van der Waals surface area contributed by atoms with Gasteiger partial charge in [-0.25, -0.2) is 9.37 Å². The molecule has 2 aromatic rings. The second-order valence-corrected chi connectivity index (χ2v) is 6.38. The Bertz CT molecular complexity index is 662. The molecule has 0 radical (unpaired) electrons. The molecule has 2 rings (SSSR count). The van der Waals surface area contributed by atoms with Crippen molar-refractivity contribution in [1.82, 2.24) is 10.3 Å². The number of nitrogens with one attached hydrogen (secondary N) is 2. The van der Waals surface area contributed by atoms with Crippen molar-refractivity contribution in [3.63, 3.8) is 0 Å². The number of hydrogen-bond acceptors (Lipinski definition) is 2. The third kappa shape index (κ3) is 4.46. The van der Waals surface area contributed by atoms with Crippen LogP contribution in [-0.2, 0) is 6.54 Å². The zero-order chi connectivity index (χ0) is 15.4. The molecule has 1 aromatic carbocycles. The van der Waals surface area contributed by atoms with Crippen LogP contribution in [-0.4, -0.2) is 10.1 Å². The van der Waals surface area contributed by atoms with Crippen LogP contribution in [0, 0.1) is 12.7 Å². The standard InChI is InChI=1S/C14H12Br2FN3S/c1-8-11(15)7-18-13(12(8)16)20-14(21)19-6-9-2-4-10(17)5-3-9/h2-5,7H,6H2,1H3,(H2,18,19,20,21). The van der Waals surface area contributed by atoms with E-state index in [1.54, 1.807) is 18.3 Å². The maximum atomic E-state index is 12.8. The monoisotopic (exact) mass is 431 g/mol. The van der Waals surface area contributed by atoms with Crippen molar-refractivity contribution in [2.75, 3.05) is 5.32 Å². The quantitative estimate of drug-likeness (QED) is 0.698. The largest absolute Gasteiger partial charge is 0.358 e. The first-order chi connectivity index (χ1) is 9.97. The minimum Gasteiger partial charge on any atom is -0.358 e. The minimum absolute atomic E-state index is 0.252. The van der Waals surface area contributed by atoms with Crippen molar-refractivity contribution in [2.45, 2.75) is 13.5 Å². The van der Waals surface area contributed by atoms with Crippen LogP contribution in [0.25, 0.3) is 0 Å². The Morgan fingerprint density at radius 3 is 2.62 bits per heavy atom. The molecule has 0 saturated heterocycles. The maximum Gasteiger partial charge on any atom is 0.172 e. The lowest BCUT2D eigenvalue weighted by molar-refractivity contribution is 0.627. The summed E-state index contributed by atoms with van der Waals surface area (Å²) < 4.78 is 14.6. The Hall–Kier alpha value is -1.05. The molecule has 0 aliphatic carbocycles. The predicted octanol–water partition coefficient (Wildman–Crippen LogP) is 4.54. The summed E-state index contributed by atoms with van der Waals surface area (Å²) in [6.07, 6.45) is 1.71. The van der Waals surface area contributed by atoms with Gasteiger partial charge >= 0.3 is 0 Å². The van der Waals surface area contributed by atoms with Gasteiger partial charge in [-0.1, -0.05) is 12.1 Å². The van der Waals surface area contributed by atoms with Crippen LogP contribution in [0.5, 0.6) is 0 Å². The van der Waals surface area contributed by atoms with Gasteiger partial charge in [0.05, 0.1) is 4.47 Å². The van der Waals surface area contributed by atoms with Crippen LogP contribution in [0.1, 0.15) is 11.1 Å². The van der Waals surface area contributed by atoms with E-state index < -0.39 is 0 Å². The Labute approximate surface area is 144 Å². The van der Waals surface area contributed by atoms with E-state index in [4.69, 9.17) is 12.2 Å². The first-order valence-electron chi connectivity index (χ1n) is 6.07. The number of hydrogen-bond donors (Lipinski definition) is 2. The molecule has 0 saturated carbocycles. The summed E-state index contributed by atoms with van der Waals surface area (Å²) in [5.74, 6) is 0.394. The van der Waals surface area contributed by atoms with Crippen molar-refractivity contribution in [3.05, 3.63) is 56.4 Å². The van der Waals surface area contributed by atoms with Gasteiger partial charge in [-0.15, -0.1) is 0 Å². The first kappa shape index (κ1) is 16.3. The number of pyridine rings is 1. The van der Waals surface area contributed by atoms with E-state index in [9.17, 15) is 4.39 Å². The fourth-order valence-electron chi connectivity index (χ4n) is 1.58. The highest BCUT2D eigenvalue weighted by atomic mass is 79.9. The zero-order valence-corrected chi connectivity index (χ0v) is 15.1. The van der Waals surface area contributed by atoms with Crippen LogP contribution in [0.4, 0.5) is 10.2 Å². The lowest BCUT2D eigenvalue weighted by atomic mass is 10.2. The van der Waals surface area contributed by atoms with Crippen LogP contribution in [0.15, 0.2) is 39.4 Å². The van der Waals surface area contributed by atoms with E-state index in [1.807, 2.05) is 6.92 Å². The van der Waals surface area contributed by atoms with E-state index in [0.29, 0.717) is 17.5 Å². The van der Waals surface area contributed by atoms with Gasteiger partial charge in [0.1, 0.15) is 11.6 Å². The summed E-state index contributed by atoms with van der Waals surface area (Å²) in [5, 5.41) is 6.53. The van der Waals surface area contributed by atoms with Gasteiger partial charge in [-0.05, 0) is 74.3 Å². The molecule has 3 nitrogen and oxygen atoms in total. The highest BCUT2D eigenvalue weighted by Crippen LogP contribution is 2.29. The smallest absolute Gasteiger partial charge is 0.172 e. The molecule has 0 spiro atoms. The van der Waals surface area contributed by atoms with Crippen molar-refractivity contribution in [1.29, 1.82) is 0 Å². The SMILES string of the molecule is Cc1c(Br)cnc(NC(=S)NCc2ccc(F)cc2)c1Br. The molecule has 0 amide bonds. The van der Waals surface area contributed by atoms with E-state index in [2.05, 4.69) is 47.5 Å². The molecule has 0 bridgehead atoms. The van der Waals surface area contributed by atoms with Gasteiger partial charge in [-0.3, -0.25) is 0 Å². The number of benzene rings is 1. The maximum absolute atomic E-state index is 12.8. The summed E-state index contributed by atoms with van der Waals surface area (Å²) in [6, 6.07) is 6.26. The van der Waals surface area contributed by atoms with E-state index >= 15 is 0 Å². The van der Waals surface area contributed by atoms with Gasteiger partial charge < -0.3 is 10.6 Å². The molecule has 7 heteroatoms. The fourth-order valence-corrected chi connectivity index (χ4v) is 2.73. The number of anilines is 1. The summed E-state index contributed by atoms with van der Waals surface area (Å²) >= 11 is 12.1. The highest BCUT2D eigenvalue weighted by molar-refractivity contribution is 9.11. The second-order valence-electron chi connectivity index (χ2n) is 4.33. The molecule has 0 unspecified atom stereocenters. The third-order valence-corrected chi connectivity index (χ3v) is 4.82. The Kier molecular flexibility index (Phi) is 5.66. The Balaban J connectivity index is 1.96.